The number of hydrogen-bond donors (Lipinski definition) is 3. The van der Waals surface area contributed by atoms with Gasteiger partial charge in [0.05, 0.1) is 31.0 Å². The van der Waals surface area contributed by atoms with E-state index >= 15 is 0 Å². The highest BCUT2D eigenvalue weighted by Gasteiger charge is 2.63. The summed E-state index contributed by atoms with van der Waals surface area (Å²) in [6.07, 6.45) is 4.64. The van der Waals surface area contributed by atoms with E-state index in [1.807, 2.05) is 0 Å². The van der Waals surface area contributed by atoms with Gasteiger partial charge in [0.1, 0.15) is 0 Å². The molecule has 0 bridgehead atoms. The maximum absolute atomic E-state index is 10.4. The molecule has 0 spiro atoms. The first-order valence-electron chi connectivity index (χ1n) is 9.02. The second-order valence-corrected chi connectivity index (χ2v) is 8.96. The summed E-state index contributed by atoms with van der Waals surface area (Å²) < 4.78 is 6.37. The Morgan fingerprint density at radius 2 is 1.73 bits per heavy atom. The Balaban J connectivity index is 1.63. The Morgan fingerprint density at radius 1 is 0.955 bits per heavy atom. The van der Waals surface area contributed by atoms with E-state index in [9.17, 15) is 15.3 Å². The van der Waals surface area contributed by atoms with Crippen LogP contribution in [0.5, 0.6) is 0 Å². The first kappa shape index (κ1) is 15.4. The van der Waals surface area contributed by atoms with E-state index in [2.05, 4.69) is 13.8 Å². The topological polar surface area (TPSA) is 69.9 Å². The largest absolute Gasteiger partial charge is 0.393 e. The molecular weight excluding hydrogens is 280 g/mol. The van der Waals surface area contributed by atoms with E-state index in [1.54, 1.807) is 0 Å². The maximum atomic E-state index is 10.4. The van der Waals surface area contributed by atoms with Crippen molar-refractivity contribution in [1.29, 1.82) is 0 Å². The molecule has 4 rings (SSSR count). The average Bonchev–Trinajstić information content (AvgIpc) is 2.72. The minimum Gasteiger partial charge on any atom is -0.393 e. The van der Waals surface area contributed by atoms with E-state index in [1.165, 1.54) is 0 Å². The van der Waals surface area contributed by atoms with Crippen LogP contribution in [-0.2, 0) is 4.74 Å². The molecule has 4 heteroatoms. The number of rotatable bonds is 0. The highest BCUT2D eigenvalue weighted by Crippen LogP contribution is 2.61. The van der Waals surface area contributed by atoms with Gasteiger partial charge in [0.15, 0.2) is 0 Å². The summed E-state index contributed by atoms with van der Waals surface area (Å²) in [7, 11) is 0. The van der Waals surface area contributed by atoms with Crippen LogP contribution >= 0.6 is 0 Å². The van der Waals surface area contributed by atoms with Gasteiger partial charge in [-0.05, 0) is 61.7 Å². The van der Waals surface area contributed by atoms with E-state index in [4.69, 9.17) is 4.74 Å². The van der Waals surface area contributed by atoms with Gasteiger partial charge in [0, 0.05) is 5.41 Å². The van der Waals surface area contributed by atoms with Gasteiger partial charge >= 0.3 is 0 Å². The molecule has 4 fully saturated rings. The van der Waals surface area contributed by atoms with Crippen LogP contribution in [0.4, 0.5) is 0 Å². The molecule has 9 atom stereocenters. The molecule has 0 radical (unpaired) electrons. The van der Waals surface area contributed by atoms with Crippen molar-refractivity contribution in [3.63, 3.8) is 0 Å². The molecule has 0 amide bonds. The molecular formula is C18H30O4. The van der Waals surface area contributed by atoms with Crippen molar-refractivity contribution in [2.75, 3.05) is 6.61 Å². The maximum Gasteiger partial charge on any atom is 0.0877 e. The first-order valence-corrected chi connectivity index (χ1v) is 9.02. The summed E-state index contributed by atoms with van der Waals surface area (Å²) in [5.41, 5.74) is -0.139. The van der Waals surface area contributed by atoms with Crippen LogP contribution in [0.3, 0.4) is 0 Å². The molecule has 0 aromatic rings. The van der Waals surface area contributed by atoms with Crippen molar-refractivity contribution in [1.82, 2.24) is 0 Å². The Labute approximate surface area is 132 Å². The Hall–Kier alpha value is -0.160. The van der Waals surface area contributed by atoms with Crippen LogP contribution < -0.4 is 0 Å². The predicted molar refractivity (Wildman–Crippen MR) is 82.1 cm³/mol. The van der Waals surface area contributed by atoms with Crippen molar-refractivity contribution in [3.05, 3.63) is 0 Å². The van der Waals surface area contributed by atoms with Gasteiger partial charge in [-0.25, -0.2) is 0 Å². The third-order valence-electron chi connectivity index (χ3n) is 7.87. The van der Waals surface area contributed by atoms with Gasteiger partial charge in [-0.2, -0.15) is 0 Å². The lowest BCUT2D eigenvalue weighted by molar-refractivity contribution is -0.226. The van der Waals surface area contributed by atoms with Crippen molar-refractivity contribution >= 4 is 0 Å². The standard InChI is InChI=1S/C18H30O4/c1-17-6-5-11(19)7-10(17)3-4-12-13-8-14(20)15(21)18(13,2)9-22-16(12)17/h10-16,19-21H,3-9H2,1-2H3/t10-,11-,12+,13+,14-,15+,16+,17+,18+/m1/s1. The molecule has 3 saturated carbocycles. The van der Waals surface area contributed by atoms with Crippen molar-refractivity contribution in [3.8, 4) is 0 Å². The minimum absolute atomic E-state index is 0.140. The smallest absolute Gasteiger partial charge is 0.0877 e. The normalized spacial score (nSPS) is 61.2. The molecule has 0 aromatic heterocycles. The molecule has 1 aliphatic heterocycles. The quantitative estimate of drug-likeness (QED) is 0.637. The number of hydrogen-bond acceptors (Lipinski definition) is 4. The van der Waals surface area contributed by atoms with Crippen molar-refractivity contribution in [2.24, 2.45) is 28.6 Å². The van der Waals surface area contributed by atoms with E-state index in [0.29, 0.717) is 30.8 Å². The molecule has 3 aliphatic carbocycles. The van der Waals surface area contributed by atoms with Crippen LogP contribution in [0.2, 0.25) is 0 Å². The van der Waals surface area contributed by atoms with E-state index in [-0.39, 0.29) is 23.0 Å². The first-order chi connectivity index (χ1) is 10.4. The highest BCUT2D eigenvalue weighted by molar-refractivity contribution is 5.11. The van der Waals surface area contributed by atoms with E-state index in [0.717, 1.165) is 32.1 Å². The Kier molecular flexibility index (Phi) is 3.44. The molecule has 4 aliphatic rings. The zero-order chi connectivity index (χ0) is 15.7. The third-order valence-corrected chi connectivity index (χ3v) is 7.87. The monoisotopic (exact) mass is 310 g/mol. The lowest BCUT2D eigenvalue weighted by Gasteiger charge is -2.59. The second-order valence-electron chi connectivity index (χ2n) is 8.96. The van der Waals surface area contributed by atoms with Crippen molar-refractivity contribution in [2.45, 2.75) is 76.8 Å². The molecule has 0 aromatic carbocycles. The van der Waals surface area contributed by atoms with Gasteiger partial charge in [-0.15, -0.1) is 0 Å². The van der Waals surface area contributed by atoms with Crippen LogP contribution in [0.15, 0.2) is 0 Å². The fourth-order valence-corrected chi connectivity index (χ4v) is 6.42. The molecule has 22 heavy (non-hydrogen) atoms. The number of ether oxygens (including phenoxy) is 1. The summed E-state index contributed by atoms with van der Waals surface area (Å²) in [4.78, 5) is 0. The second kappa shape index (κ2) is 4.92. The summed E-state index contributed by atoms with van der Waals surface area (Å²) in [6.45, 7) is 5.00. The van der Waals surface area contributed by atoms with Crippen molar-refractivity contribution < 1.29 is 20.1 Å². The summed E-state index contributed by atoms with van der Waals surface area (Å²) in [5.74, 6) is 1.36. The lowest BCUT2D eigenvalue weighted by atomic mass is 9.51. The minimum atomic E-state index is -0.655. The summed E-state index contributed by atoms with van der Waals surface area (Å²) >= 11 is 0. The zero-order valence-electron chi connectivity index (χ0n) is 13.7. The van der Waals surface area contributed by atoms with Gasteiger partial charge in [0.25, 0.3) is 0 Å². The zero-order valence-corrected chi connectivity index (χ0v) is 13.7. The molecule has 1 saturated heterocycles. The number of aliphatic hydroxyl groups excluding tert-OH is 3. The highest BCUT2D eigenvalue weighted by atomic mass is 16.5. The fourth-order valence-electron chi connectivity index (χ4n) is 6.42. The predicted octanol–water partition coefficient (Wildman–Crippen LogP) is 1.71. The van der Waals surface area contributed by atoms with Crippen LogP contribution in [-0.4, -0.2) is 46.3 Å². The molecule has 1 heterocycles. The molecule has 4 nitrogen and oxygen atoms in total. The fraction of sp³-hybridized carbons (Fsp3) is 1.00. The van der Waals surface area contributed by atoms with Gasteiger partial charge in [-0.1, -0.05) is 13.8 Å². The summed E-state index contributed by atoms with van der Waals surface area (Å²) in [6, 6.07) is 0. The third kappa shape index (κ3) is 1.90. The van der Waals surface area contributed by atoms with Crippen LogP contribution in [0, 0.1) is 28.6 Å². The SMILES string of the molecule is C[C@]12CC[C@@H](O)C[C@H]1CC[C@H]1[C@@H]3C[C@@H](O)[C@H](O)[C@@]3(C)CO[C@@H]12. The molecule has 126 valence electrons. The number of aliphatic hydroxyl groups is 3. The van der Waals surface area contributed by atoms with Gasteiger partial charge in [-0.3, -0.25) is 0 Å². The molecule has 3 N–H and O–H groups in total. The van der Waals surface area contributed by atoms with E-state index < -0.39 is 12.2 Å². The van der Waals surface area contributed by atoms with Gasteiger partial charge in [0.2, 0.25) is 0 Å². The lowest BCUT2D eigenvalue weighted by Crippen LogP contribution is -2.60. The Bertz CT molecular complexity index is 454. The Morgan fingerprint density at radius 3 is 2.50 bits per heavy atom. The van der Waals surface area contributed by atoms with Crippen LogP contribution in [0.1, 0.15) is 52.4 Å². The van der Waals surface area contributed by atoms with Gasteiger partial charge < -0.3 is 20.1 Å². The number of fused-ring (bicyclic) bond motifs is 5. The molecule has 0 unspecified atom stereocenters. The van der Waals surface area contributed by atoms with Crippen LogP contribution in [0.25, 0.3) is 0 Å². The average molecular weight is 310 g/mol. The summed E-state index contributed by atoms with van der Waals surface area (Å²) in [5, 5.41) is 30.6.